The molecule has 0 N–H and O–H groups in total. The summed E-state index contributed by atoms with van der Waals surface area (Å²) in [6.07, 6.45) is 2.42. The number of likely N-dealkylation sites (tertiary alicyclic amines) is 1. The smallest absolute Gasteiger partial charge is 0.235 e. The summed E-state index contributed by atoms with van der Waals surface area (Å²) in [6.45, 7) is 2.51. The van der Waals surface area contributed by atoms with Crippen LogP contribution in [0.2, 0.25) is 0 Å². The molecule has 0 amide bonds. The predicted octanol–water partition coefficient (Wildman–Crippen LogP) is 0.848. The second-order valence-corrected chi connectivity index (χ2v) is 2.76. The van der Waals surface area contributed by atoms with Crippen LogP contribution in [0.1, 0.15) is 12.8 Å². The number of rotatable bonds is 2. The first-order valence-electron chi connectivity index (χ1n) is 3.20. The van der Waals surface area contributed by atoms with Gasteiger partial charge in [0.1, 0.15) is 0 Å². The summed E-state index contributed by atoms with van der Waals surface area (Å²) < 4.78 is 0. The van der Waals surface area contributed by atoms with Crippen LogP contribution >= 0.6 is 11.6 Å². The Kier molecular flexibility index (Phi) is 2.49. The number of hydrogen-bond donors (Lipinski definition) is 0. The van der Waals surface area contributed by atoms with Crippen LogP contribution in [-0.4, -0.2) is 29.8 Å². The van der Waals surface area contributed by atoms with Gasteiger partial charge in [0, 0.05) is 0 Å². The molecule has 1 saturated heterocycles. The molecule has 0 radical (unpaired) electrons. The van der Waals surface area contributed by atoms with E-state index in [9.17, 15) is 4.79 Å². The topological polar surface area (TPSA) is 20.3 Å². The largest absolute Gasteiger partial charge is 0.295 e. The van der Waals surface area contributed by atoms with Crippen molar-refractivity contribution in [3.8, 4) is 0 Å². The Balaban J connectivity index is 2.19. The molecule has 0 aromatic rings. The first-order valence-corrected chi connectivity index (χ1v) is 3.57. The van der Waals surface area contributed by atoms with E-state index in [2.05, 4.69) is 4.90 Å². The van der Waals surface area contributed by atoms with Gasteiger partial charge in [0.25, 0.3) is 0 Å². The molecular weight excluding hydrogens is 138 g/mol. The van der Waals surface area contributed by atoms with Gasteiger partial charge in [0.05, 0.1) is 6.54 Å². The molecule has 0 unspecified atom stereocenters. The van der Waals surface area contributed by atoms with Gasteiger partial charge in [0.15, 0.2) is 0 Å². The van der Waals surface area contributed by atoms with Gasteiger partial charge in [-0.15, -0.1) is 0 Å². The van der Waals surface area contributed by atoms with Gasteiger partial charge in [-0.2, -0.15) is 0 Å². The van der Waals surface area contributed by atoms with Crippen LogP contribution in [0.25, 0.3) is 0 Å². The molecule has 0 aromatic carbocycles. The van der Waals surface area contributed by atoms with E-state index in [1.807, 2.05) is 0 Å². The van der Waals surface area contributed by atoms with Gasteiger partial charge < -0.3 is 0 Å². The SMILES string of the molecule is O=C(Cl)CN1CCCC1. The van der Waals surface area contributed by atoms with E-state index in [4.69, 9.17) is 11.6 Å². The number of carbonyl (C=O) groups is 1. The molecule has 52 valence electrons. The van der Waals surface area contributed by atoms with Crippen LogP contribution in [0, 0.1) is 0 Å². The Labute approximate surface area is 59.8 Å². The summed E-state index contributed by atoms with van der Waals surface area (Å²) in [5.41, 5.74) is 0. The molecule has 0 atom stereocenters. The lowest BCUT2D eigenvalue weighted by molar-refractivity contribution is -0.112. The second-order valence-electron chi connectivity index (χ2n) is 2.34. The standard InChI is InChI=1S/C6H10ClNO/c7-6(9)5-8-3-1-2-4-8/h1-5H2. The van der Waals surface area contributed by atoms with Gasteiger partial charge in [-0.25, -0.2) is 0 Å². The molecule has 3 heteroatoms. The lowest BCUT2D eigenvalue weighted by Crippen LogP contribution is -2.23. The molecule has 1 rings (SSSR count). The molecule has 1 fully saturated rings. The van der Waals surface area contributed by atoms with E-state index in [-0.39, 0.29) is 5.24 Å². The minimum absolute atomic E-state index is 0.239. The molecule has 0 aliphatic carbocycles. The van der Waals surface area contributed by atoms with Crippen LogP contribution in [0.4, 0.5) is 0 Å². The van der Waals surface area contributed by atoms with Crippen molar-refractivity contribution in [2.45, 2.75) is 12.8 Å². The monoisotopic (exact) mass is 147 g/mol. The Bertz CT molecular complexity index is 110. The lowest BCUT2D eigenvalue weighted by atomic mass is 10.4. The third-order valence-electron chi connectivity index (χ3n) is 1.55. The van der Waals surface area contributed by atoms with E-state index in [1.54, 1.807) is 0 Å². The van der Waals surface area contributed by atoms with Crippen LogP contribution < -0.4 is 0 Å². The Morgan fingerprint density at radius 3 is 2.44 bits per heavy atom. The average molecular weight is 148 g/mol. The van der Waals surface area contributed by atoms with E-state index in [0.717, 1.165) is 13.1 Å². The summed E-state index contributed by atoms with van der Waals surface area (Å²) in [4.78, 5) is 12.4. The zero-order valence-corrected chi connectivity index (χ0v) is 6.02. The molecule has 0 bridgehead atoms. The fourth-order valence-corrected chi connectivity index (χ4v) is 1.29. The Morgan fingerprint density at radius 2 is 2.00 bits per heavy atom. The van der Waals surface area contributed by atoms with E-state index >= 15 is 0 Å². The van der Waals surface area contributed by atoms with E-state index < -0.39 is 0 Å². The van der Waals surface area contributed by atoms with Gasteiger partial charge in [-0.3, -0.25) is 9.69 Å². The Morgan fingerprint density at radius 1 is 1.44 bits per heavy atom. The maximum absolute atomic E-state index is 10.3. The highest BCUT2D eigenvalue weighted by atomic mass is 35.5. The number of nitrogens with zero attached hydrogens (tertiary/aromatic N) is 1. The fraction of sp³-hybridized carbons (Fsp3) is 0.833. The van der Waals surface area contributed by atoms with Gasteiger partial charge in [-0.05, 0) is 37.5 Å². The zero-order chi connectivity index (χ0) is 6.69. The minimum Gasteiger partial charge on any atom is -0.295 e. The molecule has 0 spiro atoms. The van der Waals surface area contributed by atoms with Gasteiger partial charge in [0.2, 0.25) is 5.24 Å². The Hall–Kier alpha value is -0.0800. The molecule has 1 aliphatic rings. The van der Waals surface area contributed by atoms with Crippen LogP contribution in [0.15, 0.2) is 0 Å². The highest BCUT2D eigenvalue weighted by Gasteiger charge is 2.12. The summed E-state index contributed by atoms with van der Waals surface area (Å²) in [7, 11) is 0. The van der Waals surface area contributed by atoms with Crippen molar-refractivity contribution < 1.29 is 4.79 Å². The van der Waals surface area contributed by atoms with Crippen LogP contribution in [-0.2, 0) is 4.79 Å². The summed E-state index contributed by atoms with van der Waals surface area (Å²) in [5, 5.41) is -0.239. The third-order valence-corrected chi connectivity index (χ3v) is 1.67. The summed E-state index contributed by atoms with van der Waals surface area (Å²) >= 11 is 5.18. The van der Waals surface area contributed by atoms with Crippen molar-refractivity contribution in [3.63, 3.8) is 0 Å². The third kappa shape index (κ3) is 2.33. The van der Waals surface area contributed by atoms with Crippen molar-refractivity contribution in [1.82, 2.24) is 4.90 Å². The van der Waals surface area contributed by atoms with Crippen molar-refractivity contribution in [2.24, 2.45) is 0 Å². The second kappa shape index (κ2) is 3.18. The first kappa shape index (κ1) is 7.03. The first-order chi connectivity index (χ1) is 4.29. The van der Waals surface area contributed by atoms with Crippen molar-refractivity contribution in [2.75, 3.05) is 19.6 Å². The highest BCUT2D eigenvalue weighted by molar-refractivity contribution is 6.64. The maximum atomic E-state index is 10.3. The van der Waals surface area contributed by atoms with E-state index in [1.165, 1.54) is 12.8 Å². The van der Waals surface area contributed by atoms with Gasteiger partial charge in [-0.1, -0.05) is 0 Å². The fourth-order valence-electron chi connectivity index (χ4n) is 1.12. The summed E-state index contributed by atoms with van der Waals surface area (Å²) in [6, 6.07) is 0. The zero-order valence-electron chi connectivity index (χ0n) is 5.27. The molecule has 9 heavy (non-hydrogen) atoms. The maximum Gasteiger partial charge on any atom is 0.235 e. The minimum atomic E-state index is -0.239. The van der Waals surface area contributed by atoms with Crippen molar-refractivity contribution in [3.05, 3.63) is 0 Å². The molecule has 1 heterocycles. The number of hydrogen-bond acceptors (Lipinski definition) is 2. The molecule has 1 aliphatic heterocycles. The van der Waals surface area contributed by atoms with Crippen LogP contribution in [0.5, 0.6) is 0 Å². The number of halogens is 1. The highest BCUT2D eigenvalue weighted by Crippen LogP contribution is 2.06. The lowest BCUT2D eigenvalue weighted by Gasteiger charge is -2.09. The van der Waals surface area contributed by atoms with Crippen molar-refractivity contribution in [1.29, 1.82) is 0 Å². The predicted molar refractivity (Wildman–Crippen MR) is 36.5 cm³/mol. The van der Waals surface area contributed by atoms with E-state index in [0.29, 0.717) is 6.54 Å². The average Bonchev–Trinajstić information content (AvgIpc) is 2.15. The van der Waals surface area contributed by atoms with Crippen molar-refractivity contribution >= 4 is 16.8 Å². The molecular formula is C6H10ClNO. The normalized spacial score (nSPS) is 20.6. The van der Waals surface area contributed by atoms with Crippen LogP contribution in [0.3, 0.4) is 0 Å². The quantitative estimate of drug-likeness (QED) is 0.540. The van der Waals surface area contributed by atoms with Gasteiger partial charge >= 0.3 is 0 Å². The molecule has 2 nitrogen and oxygen atoms in total. The summed E-state index contributed by atoms with van der Waals surface area (Å²) in [5.74, 6) is 0. The number of carbonyl (C=O) groups excluding carboxylic acids is 1. The molecule has 0 saturated carbocycles. The molecule has 0 aromatic heterocycles.